The van der Waals surface area contributed by atoms with Gasteiger partial charge in [-0.1, -0.05) is 18.2 Å². The molecule has 4 rings (SSSR count). The summed E-state index contributed by atoms with van der Waals surface area (Å²) < 4.78 is 13.8. The van der Waals surface area contributed by atoms with Crippen LogP contribution in [-0.2, 0) is 6.42 Å². The predicted molar refractivity (Wildman–Crippen MR) is 115 cm³/mol. The number of rotatable bonds is 6. The minimum absolute atomic E-state index is 0. The molecule has 2 aliphatic rings. The van der Waals surface area contributed by atoms with Crippen LogP contribution in [0.15, 0.2) is 29.6 Å². The summed E-state index contributed by atoms with van der Waals surface area (Å²) in [6, 6.07) is 7.25. The fraction of sp³-hybridized carbons (Fsp3) is 0.500. The minimum atomic E-state index is -0.226. The molecule has 2 fully saturated rings. The van der Waals surface area contributed by atoms with Crippen molar-refractivity contribution in [1.29, 1.82) is 0 Å². The molecular weight excluding hydrogens is 420 g/mol. The summed E-state index contributed by atoms with van der Waals surface area (Å²) in [5.41, 5.74) is 1.11. The Balaban J connectivity index is 0.00000140. The molecule has 0 unspecified atom stereocenters. The Labute approximate surface area is 181 Å². The molecule has 1 N–H and O–H groups in total. The number of nitrogens with one attached hydrogen (secondary N) is 1. The smallest absolute Gasteiger partial charge is 0.273 e. The molecular formula is C20H26Cl2FN3OS. The van der Waals surface area contributed by atoms with Gasteiger partial charge < -0.3 is 10.2 Å². The first kappa shape index (κ1) is 23.1. The fourth-order valence-corrected chi connectivity index (χ4v) is 4.19. The molecule has 154 valence electrons. The third kappa shape index (κ3) is 5.89. The van der Waals surface area contributed by atoms with E-state index in [1.165, 1.54) is 30.2 Å². The van der Waals surface area contributed by atoms with Crippen molar-refractivity contribution in [2.24, 2.45) is 5.92 Å². The number of likely N-dealkylation sites (tertiary alicyclic amines) is 1. The second kappa shape index (κ2) is 10.5. The maximum Gasteiger partial charge on any atom is 0.273 e. The van der Waals surface area contributed by atoms with Gasteiger partial charge in [0.2, 0.25) is 0 Å². The lowest BCUT2D eigenvalue weighted by Gasteiger charge is -2.32. The molecule has 8 heteroatoms. The van der Waals surface area contributed by atoms with Crippen molar-refractivity contribution < 1.29 is 9.18 Å². The van der Waals surface area contributed by atoms with Gasteiger partial charge in [0.05, 0.1) is 5.01 Å². The van der Waals surface area contributed by atoms with E-state index in [1.54, 1.807) is 17.5 Å². The molecule has 1 aliphatic heterocycles. The van der Waals surface area contributed by atoms with E-state index in [9.17, 15) is 9.18 Å². The summed E-state index contributed by atoms with van der Waals surface area (Å²) in [5.74, 6) is 0.663. The van der Waals surface area contributed by atoms with Crippen molar-refractivity contribution in [3.8, 4) is 0 Å². The highest BCUT2D eigenvalue weighted by molar-refractivity contribution is 7.09. The molecule has 2 heterocycles. The van der Waals surface area contributed by atoms with E-state index in [2.05, 4.69) is 10.3 Å². The van der Waals surface area contributed by atoms with E-state index in [0.717, 1.165) is 43.4 Å². The summed E-state index contributed by atoms with van der Waals surface area (Å²) in [7, 11) is 0. The third-order valence-corrected chi connectivity index (χ3v) is 6.09. The molecule has 0 bridgehead atoms. The summed E-state index contributed by atoms with van der Waals surface area (Å²) in [6.45, 7) is 2.69. The monoisotopic (exact) mass is 445 g/mol. The van der Waals surface area contributed by atoms with Crippen LogP contribution in [0.5, 0.6) is 0 Å². The summed E-state index contributed by atoms with van der Waals surface area (Å²) in [5, 5.41) is 6.21. The Kier molecular flexibility index (Phi) is 8.68. The Bertz CT molecular complexity index is 776. The van der Waals surface area contributed by atoms with Crippen molar-refractivity contribution in [3.05, 3.63) is 51.7 Å². The fourth-order valence-electron chi connectivity index (χ4n) is 3.40. The van der Waals surface area contributed by atoms with Gasteiger partial charge >= 0.3 is 0 Å². The van der Waals surface area contributed by atoms with E-state index < -0.39 is 0 Å². The van der Waals surface area contributed by atoms with Gasteiger partial charge in [-0.15, -0.1) is 36.2 Å². The topological polar surface area (TPSA) is 45.2 Å². The summed E-state index contributed by atoms with van der Waals surface area (Å²) in [4.78, 5) is 19.0. The van der Waals surface area contributed by atoms with Gasteiger partial charge in [-0.25, -0.2) is 9.37 Å². The number of piperidine rings is 1. The van der Waals surface area contributed by atoms with Crippen molar-refractivity contribution in [2.45, 2.75) is 38.1 Å². The highest BCUT2D eigenvalue weighted by Gasteiger charge is 2.27. The quantitative estimate of drug-likeness (QED) is 0.719. The van der Waals surface area contributed by atoms with Gasteiger partial charge in [0.15, 0.2) is 0 Å². The number of amides is 1. The standard InChI is InChI=1S/C20H24FN3OS.2ClH/c21-17-4-2-1-3-15(17)11-19-23-18(13-26-19)20(25)24-9-7-16(8-10-24)22-12-14-5-6-14;;/h1-4,13-14,16,22H,5-12H2;2*1H. The van der Waals surface area contributed by atoms with Crippen molar-refractivity contribution in [1.82, 2.24) is 15.2 Å². The highest BCUT2D eigenvalue weighted by atomic mass is 35.5. The van der Waals surface area contributed by atoms with Crippen LogP contribution >= 0.6 is 36.2 Å². The van der Waals surface area contributed by atoms with E-state index >= 15 is 0 Å². The summed E-state index contributed by atoms with van der Waals surface area (Å²) in [6.07, 6.45) is 5.17. The molecule has 0 spiro atoms. The Hall–Kier alpha value is -1.21. The second-order valence-electron chi connectivity index (χ2n) is 7.31. The molecule has 1 saturated heterocycles. The number of carbonyl (C=O) groups excluding carboxylic acids is 1. The zero-order valence-electron chi connectivity index (χ0n) is 15.6. The first-order valence-corrected chi connectivity index (χ1v) is 10.3. The van der Waals surface area contributed by atoms with Gasteiger partial charge in [0, 0.05) is 30.9 Å². The average Bonchev–Trinajstić information content (AvgIpc) is 3.38. The number of hydrogen-bond acceptors (Lipinski definition) is 4. The molecule has 1 aromatic heterocycles. The first-order chi connectivity index (χ1) is 12.7. The lowest BCUT2D eigenvalue weighted by atomic mass is 10.0. The SMILES string of the molecule is Cl.Cl.O=C(c1csc(Cc2ccccc2F)n1)N1CCC(NCC2CC2)CC1. The lowest BCUT2D eigenvalue weighted by molar-refractivity contribution is 0.0699. The van der Waals surface area contributed by atoms with Crippen molar-refractivity contribution in [2.75, 3.05) is 19.6 Å². The molecule has 0 atom stereocenters. The van der Waals surface area contributed by atoms with Crippen LogP contribution in [0.2, 0.25) is 0 Å². The maximum atomic E-state index is 13.8. The number of thiazole rings is 1. The molecule has 1 aliphatic carbocycles. The maximum absolute atomic E-state index is 13.8. The lowest BCUT2D eigenvalue weighted by Crippen LogP contribution is -2.45. The Morgan fingerprint density at radius 1 is 1.18 bits per heavy atom. The molecule has 28 heavy (non-hydrogen) atoms. The normalized spacial score (nSPS) is 17.0. The number of carbonyl (C=O) groups is 1. The van der Waals surface area contributed by atoms with Crippen LogP contribution in [-0.4, -0.2) is 41.5 Å². The third-order valence-electron chi connectivity index (χ3n) is 5.24. The minimum Gasteiger partial charge on any atom is -0.337 e. The van der Waals surface area contributed by atoms with E-state index in [-0.39, 0.29) is 36.5 Å². The van der Waals surface area contributed by atoms with Crippen LogP contribution in [0.25, 0.3) is 0 Å². The highest BCUT2D eigenvalue weighted by Crippen LogP contribution is 2.28. The summed E-state index contributed by atoms with van der Waals surface area (Å²) >= 11 is 1.43. The average molecular weight is 446 g/mol. The predicted octanol–water partition coefficient (Wildman–Crippen LogP) is 4.32. The molecule has 1 aromatic carbocycles. The zero-order chi connectivity index (χ0) is 17.9. The van der Waals surface area contributed by atoms with Crippen LogP contribution < -0.4 is 5.32 Å². The number of hydrogen-bond donors (Lipinski definition) is 1. The van der Waals surface area contributed by atoms with E-state index in [0.29, 0.717) is 23.7 Å². The number of halogens is 3. The van der Waals surface area contributed by atoms with Crippen molar-refractivity contribution >= 4 is 42.1 Å². The van der Waals surface area contributed by atoms with Gasteiger partial charge in [0.25, 0.3) is 5.91 Å². The van der Waals surface area contributed by atoms with Gasteiger partial charge in [-0.05, 0) is 49.8 Å². The number of nitrogens with zero attached hydrogens (tertiary/aromatic N) is 2. The largest absolute Gasteiger partial charge is 0.337 e. The van der Waals surface area contributed by atoms with Crippen LogP contribution in [0, 0.1) is 11.7 Å². The Morgan fingerprint density at radius 3 is 2.57 bits per heavy atom. The number of aromatic nitrogens is 1. The van der Waals surface area contributed by atoms with Crippen LogP contribution in [0.1, 0.15) is 46.7 Å². The van der Waals surface area contributed by atoms with Gasteiger partial charge in [-0.3, -0.25) is 4.79 Å². The van der Waals surface area contributed by atoms with Gasteiger partial charge in [0.1, 0.15) is 11.5 Å². The molecule has 2 aromatic rings. The molecule has 1 amide bonds. The van der Waals surface area contributed by atoms with Crippen LogP contribution in [0.4, 0.5) is 4.39 Å². The van der Waals surface area contributed by atoms with E-state index in [1.807, 2.05) is 11.0 Å². The Morgan fingerprint density at radius 2 is 1.89 bits per heavy atom. The molecule has 0 radical (unpaired) electrons. The second-order valence-corrected chi connectivity index (χ2v) is 8.26. The van der Waals surface area contributed by atoms with Crippen LogP contribution in [0.3, 0.4) is 0 Å². The molecule has 1 saturated carbocycles. The van der Waals surface area contributed by atoms with Gasteiger partial charge in [-0.2, -0.15) is 0 Å². The first-order valence-electron chi connectivity index (χ1n) is 9.39. The molecule has 4 nitrogen and oxygen atoms in total. The van der Waals surface area contributed by atoms with E-state index in [4.69, 9.17) is 0 Å². The zero-order valence-corrected chi connectivity index (χ0v) is 18.1. The van der Waals surface area contributed by atoms with Crippen molar-refractivity contribution in [3.63, 3.8) is 0 Å². The number of benzene rings is 1.